The van der Waals surface area contributed by atoms with Gasteiger partial charge in [-0.1, -0.05) is 18.2 Å². The summed E-state index contributed by atoms with van der Waals surface area (Å²) >= 11 is 0. The van der Waals surface area contributed by atoms with Gasteiger partial charge in [0.25, 0.3) is 11.9 Å². The Kier molecular flexibility index (Phi) is 2.96. The molecular formula is C13H12F3N3O3. The second-order valence-corrected chi connectivity index (χ2v) is 5.52. The van der Waals surface area contributed by atoms with Crippen molar-refractivity contribution < 1.29 is 22.9 Å². The molecule has 2 aliphatic rings. The second kappa shape index (κ2) is 4.42. The maximum absolute atomic E-state index is 13.2. The zero-order valence-corrected chi connectivity index (χ0v) is 11.4. The zero-order valence-electron chi connectivity index (χ0n) is 11.4. The number of fused-ring (bicyclic) bond motifs is 2. The van der Waals surface area contributed by atoms with Crippen molar-refractivity contribution in [3.63, 3.8) is 0 Å². The number of hydrogen-bond donors (Lipinski definition) is 1. The van der Waals surface area contributed by atoms with Gasteiger partial charge in [0, 0.05) is 22.7 Å². The number of benzene rings is 1. The molecule has 0 aromatic heterocycles. The maximum Gasteiger partial charge on any atom is 0.399 e. The number of alkyl halides is 3. The molecule has 1 fully saturated rings. The molecule has 1 aromatic carbocycles. The van der Waals surface area contributed by atoms with E-state index in [9.17, 15) is 28.1 Å². The fraction of sp³-hybridized carbons (Fsp3) is 0.462. The van der Waals surface area contributed by atoms with Crippen LogP contribution in [0.5, 0.6) is 0 Å². The maximum atomic E-state index is 13.2. The highest BCUT2D eigenvalue weighted by Crippen LogP contribution is 2.52. The van der Waals surface area contributed by atoms with Crippen LogP contribution in [0.25, 0.3) is 0 Å². The van der Waals surface area contributed by atoms with E-state index in [0.717, 1.165) is 4.90 Å². The molecule has 2 aliphatic heterocycles. The van der Waals surface area contributed by atoms with Gasteiger partial charge in [-0.25, -0.2) is 0 Å². The Labute approximate surface area is 123 Å². The minimum absolute atomic E-state index is 0.218. The lowest BCUT2D eigenvalue weighted by Gasteiger charge is -2.30. The van der Waals surface area contributed by atoms with Crippen LogP contribution in [0.4, 0.5) is 18.9 Å². The van der Waals surface area contributed by atoms with Crippen LogP contribution in [0.2, 0.25) is 0 Å². The van der Waals surface area contributed by atoms with E-state index in [0.29, 0.717) is 5.69 Å². The van der Waals surface area contributed by atoms with Crippen LogP contribution in [0, 0.1) is 16.0 Å². The standard InChI is InChI=1S/C13H12F3N3O3/c1-18-6-8(13(14,15)16)10(19(21)22)12(18)7-4-2-3-5-9(7)17-11(12)20/h2-5,8,10H,6H2,1H3,(H,17,20)/t8-,10+,12+/m1/s1. The number of nitrogens with zero attached hydrogens (tertiary/aromatic N) is 2. The number of nitro groups is 1. The number of likely N-dealkylation sites (N-methyl/N-ethyl adjacent to an activating group) is 1. The van der Waals surface area contributed by atoms with E-state index in [1.807, 2.05) is 0 Å². The third-order valence-electron chi connectivity index (χ3n) is 4.46. The highest BCUT2D eigenvalue weighted by molar-refractivity contribution is 6.06. The largest absolute Gasteiger partial charge is 0.399 e. The molecule has 1 amide bonds. The average molecular weight is 315 g/mol. The number of nitrogens with one attached hydrogen (secondary N) is 1. The van der Waals surface area contributed by atoms with Crippen molar-refractivity contribution >= 4 is 11.6 Å². The molecule has 1 aromatic rings. The van der Waals surface area contributed by atoms with Gasteiger partial charge in [-0.05, 0) is 13.1 Å². The first kappa shape index (κ1) is 14.8. The molecule has 3 rings (SSSR count). The molecule has 9 heteroatoms. The predicted octanol–water partition coefficient (Wildman–Crippen LogP) is 1.60. The topological polar surface area (TPSA) is 75.5 Å². The summed E-state index contributed by atoms with van der Waals surface area (Å²) in [7, 11) is 1.31. The average Bonchev–Trinajstić information content (AvgIpc) is 2.88. The summed E-state index contributed by atoms with van der Waals surface area (Å²) in [6, 6.07) is 4.05. The monoisotopic (exact) mass is 315 g/mol. The second-order valence-electron chi connectivity index (χ2n) is 5.52. The Hall–Kier alpha value is -2.16. The third-order valence-corrected chi connectivity index (χ3v) is 4.46. The first-order chi connectivity index (χ1) is 10.2. The third kappa shape index (κ3) is 1.68. The molecule has 0 radical (unpaired) electrons. The zero-order chi connectivity index (χ0) is 16.3. The quantitative estimate of drug-likeness (QED) is 0.631. The predicted molar refractivity (Wildman–Crippen MR) is 69.7 cm³/mol. The number of likely N-dealkylation sites (tertiary alicyclic amines) is 1. The summed E-state index contributed by atoms with van der Waals surface area (Å²) < 4.78 is 39.7. The Morgan fingerprint density at radius 1 is 1.41 bits per heavy atom. The van der Waals surface area contributed by atoms with Gasteiger partial charge in [0.05, 0.1) is 0 Å². The molecule has 3 atom stereocenters. The van der Waals surface area contributed by atoms with E-state index >= 15 is 0 Å². The van der Waals surface area contributed by atoms with Gasteiger partial charge in [0.2, 0.25) is 0 Å². The van der Waals surface area contributed by atoms with Crippen molar-refractivity contribution in [3.8, 4) is 0 Å². The normalized spacial score (nSPS) is 31.4. The van der Waals surface area contributed by atoms with Gasteiger partial charge in [-0.2, -0.15) is 13.2 Å². The van der Waals surface area contributed by atoms with Gasteiger partial charge in [-0.3, -0.25) is 19.8 Å². The highest BCUT2D eigenvalue weighted by atomic mass is 19.4. The van der Waals surface area contributed by atoms with Crippen LogP contribution >= 0.6 is 0 Å². The summed E-state index contributed by atoms with van der Waals surface area (Å²) in [4.78, 5) is 24.0. The Morgan fingerprint density at radius 3 is 2.64 bits per heavy atom. The van der Waals surface area contributed by atoms with E-state index in [-0.39, 0.29) is 5.56 Å². The summed E-state index contributed by atoms with van der Waals surface area (Å²) in [5, 5.41) is 13.9. The molecule has 1 N–H and O–H groups in total. The van der Waals surface area contributed by atoms with Gasteiger partial charge in [-0.15, -0.1) is 0 Å². The highest BCUT2D eigenvalue weighted by Gasteiger charge is 2.73. The minimum atomic E-state index is -4.76. The van der Waals surface area contributed by atoms with Crippen molar-refractivity contribution in [2.45, 2.75) is 17.8 Å². The van der Waals surface area contributed by atoms with Gasteiger partial charge in [0.1, 0.15) is 5.92 Å². The minimum Gasteiger partial charge on any atom is -0.324 e. The molecule has 0 bridgehead atoms. The first-order valence-electron chi connectivity index (χ1n) is 6.53. The molecule has 118 valence electrons. The van der Waals surface area contributed by atoms with Crippen molar-refractivity contribution in [2.24, 2.45) is 5.92 Å². The van der Waals surface area contributed by atoms with Crippen LogP contribution in [0.1, 0.15) is 5.56 Å². The SMILES string of the molecule is CN1C[C@@H](C(F)(F)F)[C@H]([N+](=O)[O-])[C@@]12C(=O)Nc1ccccc12. The number of anilines is 1. The number of amides is 1. The number of rotatable bonds is 1. The van der Waals surface area contributed by atoms with Crippen LogP contribution in [-0.4, -0.2) is 41.5 Å². The molecule has 22 heavy (non-hydrogen) atoms. The summed E-state index contributed by atoms with van der Waals surface area (Å²) in [5.41, 5.74) is -1.40. The number of carbonyl (C=O) groups is 1. The van der Waals surface area contributed by atoms with E-state index in [1.54, 1.807) is 12.1 Å². The molecule has 6 nitrogen and oxygen atoms in total. The van der Waals surface area contributed by atoms with Crippen molar-refractivity contribution in [2.75, 3.05) is 18.9 Å². The lowest BCUT2D eigenvalue weighted by molar-refractivity contribution is -0.546. The Bertz CT molecular complexity index is 663. The Morgan fingerprint density at radius 2 is 2.05 bits per heavy atom. The fourth-order valence-corrected chi connectivity index (χ4v) is 3.57. The number of hydrogen-bond acceptors (Lipinski definition) is 4. The van der Waals surface area contributed by atoms with Crippen LogP contribution in [-0.2, 0) is 10.3 Å². The first-order valence-corrected chi connectivity index (χ1v) is 6.53. The van der Waals surface area contributed by atoms with Crippen LogP contribution in [0.3, 0.4) is 0 Å². The Balaban J connectivity index is 2.24. The molecule has 1 spiro atoms. The molecule has 1 saturated heterocycles. The molecule has 0 unspecified atom stereocenters. The molecule has 2 heterocycles. The van der Waals surface area contributed by atoms with E-state index in [2.05, 4.69) is 5.32 Å². The number of halogens is 3. The molecule has 0 aliphatic carbocycles. The molecule has 0 saturated carbocycles. The van der Waals surface area contributed by atoms with E-state index < -0.39 is 41.1 Å². The van der Waals surface area contributed by atoms with Gasteiger partial charge < -0.3 is 5.32 Å². The van der Waals surface area contributed by atoms with Crippen LogP contribution < -0.4 is 5.32 Å². The van der Waals surface area contributed by atoms with Crippen molar-refractivity contribution in [1.29, 1.82) is 0 Å². The van der Waals surface area contributed by atoms with Gasteiger partial charge in [0.15, 0.2) is 5.54 Å². The van der Waals surface area contributed by atoms with Crippen LogP contribution in [0.15, 0.2) is 24.3 Å². The number of para-hydroxylation sites is 1. The summed E-state index contributed by atoms with van der Waals surface area (Å²) in [6.45, 7) is -0.600. The number of carbonyl (C=O) groups excluding carboxylic acids is 1. The lowest BCUT2D eigenvalue weighted by Crippen LogP contribution is -2.55. The van der Waals surface area contributed by atoms with E-state index in [1.165, 1.54) is 19.2 Å². The van der Waals surface area contributed by atoms with Gasteiger partial charge >= 0.3 is 6.18 Å². The van der Waals surface area contributed by atoms with Crippen molar-refractivity contribution in [3.05, 3.63) is 39.9 Å². The molecular weight excluding hydrogens is 303 g/mol. The van der Waals surface area contributed by atoms with Crippen molar-refractivity contribution in [1.82, 2.24) is 4.90 Å². The fourth-order valence-electron chi connectivity index (χ4n) is 3.57. The smallest absolute Gasteiger partial charge is 0.324 e. The summed E-state index contributed by atoms with van der Waals surface area (Å²) in [5.74, 6) is -2.99. The van der Waals surface area contributed by atoms with E-state index in [4.69, 9.17) is 0 Å². The summed E-state index contributed by atoms with van der Waals surface area (Å²) in [6.07, 6.45) is -4.76. The lowest BCUT2D eigenvalue weighted by atomic mass is 9.81.